The van der Waals surface area contributed by atoms with Gasteiger partial charge >= 0.3 is 0 Å². The van der Waals surface area contributed by atoms with Gasteiger partial charge in [-0.15, -0.1) is 0 Å². The van der Waals surface area contributed by atoms with Gasteiger partial charge in [-0.3, -0.25) is 0 Å². The van der Waals surface area contributed by atoms with Gasteiger partial charge in [-0.2, -0.15) is 0 Å². The first-order valence-corrected chi connectivity index (χ1v) is 5.37. The zero-order chi connectivity index (χ0) is 10.7. The summed E-state index contributed by atoms with van der Waals surface area (Å²) in [5.41, 5.74) is 2.28. The molecule has 0 unspecified atom stereocenters. The van der Waals surface area contributed by atoms with E-state index in [-0.39, 0.29) is 0 Å². The Balaban J connectivity index is 2.12. The van der Waals surface area contributed by atoms with E-state index in [2.05, 4.69) is 30.4 Å². The highest BCUT2D eigenvalue weighted by atomic mass is 16.5. The van der Waals surface area contributed by atoms with Gasteiger partial charge in [-0.1, -0.05) is 6.07 Å². The minimum Gasteiger partial charge on any atom is -0.492 e. The molecule has 82 valence electrons. The lowest BCUT2D eigenvalue weighted by Crippen LogP contribution is -2.40. The van der Waals surface area contributed by atoms with Crippen molar-refractivity contribution < 1.29 is 9.47 Å². The third-order valence-corrected chi connectivity index (χ3v) is 2.43. The van der Waals surface area contributed by atoms with Crippen molar-refractivity contribution in [1.82, 2.24) is 0 Å². The van der Waals surface area contributed by atoms with Gasteiger partial charge in [-0.05, 0) is 31.5 Å². The molecule has 0 bridgehead atoms. The van der Waals surface area contributed by atoms with Gasteiger partial charge in [0.15, 0.2) is 0 Å². The van der Waals surface area contributed by atoms with E-state index in [0.717, 1.165) is 24.7 Å². The Morgan fingerprint density at radius 1 is 1.47 bits per heavy atom. The number of nitrogens with one attached hydrogen (secondary N) is 1. The van der Waals surface area contributed by atoms with Crippen molar-refractivity contribution in [2.45, 2.75) is 19.9 Å². The van der Waals surface area contributed by atoms with Crippen LogP contribution in [-0.4, -0.2) is 25.9 Å². The summed E-state index contributed by atoms with van der Waals surface area (Å²) < 4.78 is 10.7. The summed E-state index contributed by atoms with van der Waals surface area (Å²) in [6, 6.07) is 6.65. The first-order valence-electron chi connectivity index (χ1n) is 5.37. The standard InChI is InChI=1S/C12H17NO2/c1-3-15-12-6-9(2)4-5-11(12)13-10-7-14-8-10/h4-6,10,13H,3,7-8H2,1-2H3. The fourth-order valence-electron chi connectivity index (χ4n) is 1.56. The predicted molar refractivity (Wildman–Crippen MR) is 60.6 cm³/mol. The van der Waals surface area contributed by atoms with Gasteiger partial charge in [0, 0.05) is 0 Å². The van der Waals surface area contributed by atoms with Crippen LogP contribution in [0, 0.1) is 6.92 Å². The highest BCUT2D eigenvalue weighted by Crippen LogP contribution is 2.27. The van der Waals surface area contributed by atoms with Gasteiger partial charge in [0.2, 0.25) is 0 Å². The topological polar surface area (TPSA) is 30.5 Å². The van der Waals surface area contributed by atoms with Crippen LogP contribution in [0.2, 0.25) is 0 Å². The number of benzene rings is 1. The summed E-state index contributed by atoms with van der Waals surface area (Å²) in [4.78, 5) is 0. The van der Waals surface area contributed by atoms with Crippen molar-refractivity contribution in [1.29, 1.82) is 0 Å². The molecule has 1 aromatic rings. The Morgan fingerprint density at radius 2 is 2.27 bits per heavy atom. The van der Waals surface area contributed by atoms with E-state index in [0.29, 0.717) is 12.6 Å². The third kappa shape index (κ3) is 2.42. The monoisotopic (exact) mass is 207 g/mol. The van der Waals surface area contributed by atoms with Crippen molar-refractivity contribution in [2.24, 2.45) is 0 Å². The van der Waals surface area contributed by atoms with Crippen LogP contribution in [0.4, 0.5) is 5.69 Å². The average Bonchev–Trinajstić information content (AvgIpc) is 2.14. The second kappa shape index (κ2) is 4.53. The zero-order valence-electron chi connectivity index (χ0n) is 9.25. The first kappa shape index (κ1) is 10.3. The number of rotatable bonds is 4. The van der Waals surface area contributed by atoms with Crippen LogP contribution in [0.25, 0.3) is 0 Å². The van der Waals surface area contributed by atoms with Crippen molar-refractivity contribution in [2.75, 3.05) is 25.1 Å². The predicted octanol–water partition coefficient (Wildman–Crippen LogP) is 2.20. The molecule has 1 aliphatic heterocycles. The lowest BCUT2D eigenvalue weighted by Gasteiger charge is -2.28. The molecular weight excluding hydrogens is 190 g/mol. The molecule has 0 atom stereocenters. The Morgan fingerprint density at radius 3 is 2.87 bits per heavy atom. The van der Waals surface area contributed by atoms with Crippen LogP contribution in [0.1, 0.15) is 12.5 Å². The van der Waals surface area contributed by atoms with Crippen LogP contribution in [0.5, 0.6) is 5.75 Å². The molecule has 3 nitrogen and oxygen atoms in total. The van der Waals surface area contributed by atoms with E-state index >= 15 is 0 Å². The van der Waals surface area contributed by atoms with Crippen LogP contribution in [0.15, 0.2) is 18.2 Å². The fourth-order valence-corrected chi connectivity index (χ4v) is 1.56. The van der Waals surface area contributed by atoms with E-state index in [1.54, 1.807) is 0 Å². The molecule has 0 aliphatic carbocycles. The van der Waals surface area contributed by atoms with Crippen LogP contribution < -0.4 is 10.1 Å². The SMILES string of the molecule is CCOc1cc(C)ccc1NC1COC1. The fraction of sp³-hybridized carbons (Fsp3) is 0.500. The summed E-state index contributed by atoms with van der Waals surface area (Å²) in [7, 11) is 0. The lowest BCUT2D eigenvalue weighted by atomic mass is 10.2. The van der Waals surface area contributed by atoms with E-state index in [1.165, 1.54) is 5.56 Å². The number of ether oxygens (including phenoxy) is 2. The zero-order valence-corrected chi connectivity index (χ0v) is 9.25. The molecular formula is C12H17NO2. The quantitative estimate of drug-likeness (QED) is 0.821. The van der Waals surface area contributed by atoms with Gasteiger partial charge < -0.3 is 14.8 Å². The van der Waals surface area contributed by atoms with Gasteiger partial charge in [0.25, 0.3) is 0 Å². The maximum Gasteiger partial charge on any atom is 0.142 e. The van der Waals surface area contributed by atoms with Crippen LogP contribution in [-0.2, 0) is 4.74 Å². The number of hydrogen-bond donors (Lipinski definition) is 1. The largest absolute Gasteiger partial charge is 0.492 e. The Hall–Kier alpha value is -1.22. The van der Waals surface area contributed by atoms with Gasteiger partial charge in [-0.25, -0.2) is 0 Å². The van der Waals surface area contributed by atoms with Crippen molar-refractivity contribution in [3.63, 3.8) is 0 Å². The molecule has 2 rings (SSSR count). The molecule has 1 heterocycles. The normalized spacial score (nSPS) is 15.9. The summed E-state index contributed by atoms with van der Waals surface area (Å²) in [5, 5.41) is 3.41. The second-order valence-corrected chi connectivity index (χ2v) is 3.81. The molecule has 1 fully saturated rings. The molecule has 0 amide bonds. The molecule has 0 aromatic heterocycles. The Bertz CT molecular complexity index is 334. The van der Waals surface area contributed by atoms with Crippen molar-refractivity contribution in [3.05, 3.63) is 23.8 Å². The molecule has 0 saturated carbocycles. The molecule has 0 radical (unpaired) electrons. The molecule has 1 N–H and O–H groups in total. The van der Waals surface area contributed by atoms with Gasteiger partial charge in [0.05, 0.1) is 31.5 Å². The summed E-state index contributed by atoms with van der Waals surface area (Å²) in [5.74, 6) is 0.935. The van der Waals surface area contributed by atoms with E-state index in [4.69, 9.17) is 9.47 Å². The first-order chi connectivity index (χ1) is 7.29. The lowest BCUT2D eigenvalue weighted by molar-refractivity contribution is 0.0210. The highest BCUT2D eigenvalue weighted by molar-refractivity contribution is 5.58. The van der Waals surface area contributed by atoms with Crippen molar-refractivity contribution >= 4 is 5.69 Å². The minimum absolute atomic E-state index is 0.437. The summed E-state index contributed by atoms with van der Waals surface area (Å²) in [6.07, 6.45) is 0. The molecule has 0 spiro atoms. The van der Waals surface area contributed by atoms with E-state index in [1.807, 2.05) is 6.92 Å². The van der Waals surface area contributed by atoms with Crippen LogP contribution >= 0.6 is 0 Å². The molecule has 3 heteroatoms. The Labute approximate surface area is 90.4 Å². The summed E-state index contributed by atoms with van der Waals surface area (Å²) >= 11 is 0. The average molecular weight is 207 g/mol. The second-order valence-electron chi connectivity index (χ2n) is 3.81. The van der Waals surface area contributed by atoms with E-state index in [9.17, 15) is 0 Å². The minimum atomic E-state index is 0.437. The van der Waals surface area contributed by atoms with Gasteiger partial charge in [0.1, 0.15) is 5.75 Å². The molecule has 1 aliphatic rings. The van der Waals surface area contributed by atoms with E-state index < -0.39 is 0 Å². The number of hydrogen-bond acceptors (Lipinski definition) is 3. The molecule has 15 heavy (non-hydrogen) atoms. The maximum absolute atomic E-state index is 5.58. The number of anilines is 1. The smallest absolute Gasteiger partial charge is 0.142 e. The Kier molecular flexibility index (Phi) is 3.11. The maximum atomic E-state index is 5.58. The highest BCUT2D eigenvalue weighted by Gasteiger charge is 2.19. The van der Waals surface area contributed by atoms with Crippen molar-refractivity contribution in [3.8, 4) is 5.75 Å². The molecule has 1 aromatic carbocycles. The van der Waals surface area contributed by atoms with Crippen LogP contribution in [0.3, 0.4) is 0 Å². The summed E-state index contributed by atoms with van der Waals surface area (Å²) in [6.45, 7) is 6.34. The number of aryl methyl sites for hydroxylation is 1. The molecule has 1 saturated heterocycles. The third-order valence-electron chi connectivity index (χ3n) is 2.43.